The summed E-state index contributed by atoms with van der Waals surface area (Å²) in [6.45, 7) is 4.13. The van der Waals surface area contributed by atoms with Gasteiger partial charge in [-0.25, -0.2) is 9.97 Å². The number of nitrogens with one attached hydrogen (secondary N) is 2. The zero-order valence-corrected chi connectivity index (χ0v) is 29.0. The average Bonchev–Trinajstić information content (AvgIpc) is 3.68. The number of hydrogen-bond acceptors (Lipinski definition) is 8. The van der Waals surface area contributed by atoms with Crippen molar-refractivity contribution in [3.05, 3.63) is 87.5 Å². The minimum atomic E-state index is -0.719. The molecule has 50 heavy (non-hydrogen) atoms. The maximum atomic E-state index is 13.4. The first-order valence-corrected chi connectivity index (χ1v) is 17.2. The van der Waals surface area contributed by atoms with Crippen molar-refractivity contribution in [2.75, 3.05) is 18.9 Å². The molecule has 3 aromatic carbocycles. The third-order valence-electron chi connectivity index (χ3n) is 10.1. The first-order chi connectivity index (χ1) is 24.1. The molecule has 1 aliphatic heterocycles. The van der Waals surface area contributed by atoms with Gasteiger partial charge < -0.3 is 29.6 Å². The number of halogens is 1. The summed E-state index contributed by atoms with van der Waals surface area (Å²) >= 11 is 6.98. The van der Waals surface area contributed by atoms with Gasteiger partial charge in [-0.15, -0.1) is 0 Å². The van der Waals surface area contributed by atoms with Crippen LogP contribution in [0, 0.1) is 24.2 Å². The number of carboxylic acids is 1. The molecule has 11 nitrogen and oxygen atoms in total. The molecule has 3 heterocycles. The molecule has 0 unspecified atom stereocenters. The Balaban J connectivity index is 1.13. The highest BCUT2D eigenvalue weighted by atomic mass is 35.5. The van der Waals surface area contributed by atoms with Gasteiger partial charge in [0.25, 0.3) is 5.91 Å². The van der Waals surface area contributed by atoms with Gasteiger partial charge in [-0.05, 0) is 80.6 Å². The number of carbonyl (C=O) groups is 2. The fourth-order valence-corrected chi connectivity index (χ4v) is 7.51. The number of carbonyl (C=O) groups excluding carboxylic acids is 1. The molecule has 0 atom stereocenters. The van der Waals surface area contributed by atoms with Crippen LogP contribution in [-0.2, 0) is 31.4 Å². The summed E-state index contributed by atoms with van der Waals surface area (Å²) in [4.78, 5) is 36.4. The van der Waals surface area contributed by atoms with Crippen LogP contribution in [-0.4, -0.2) is 56.1 Å². The third-order valence-corrected chi connectivity index (χ3v) is 10.5. The van der Waals surface area contributed by atoms with Gasteiger partial charge in [-0.3, -0.25) is 9.59 Å². The van der Waals surface area contributed by atoms with Crippen molar-refractivity contribution in [2.45, 2.75) is 58.2 Å². The molecule has 256 valence electrons. The predicted octanol–water partition coefficient (Wildman–Crippen LogP) is 6.70. The Morgan fingerprint density at radius 2 is 1.80 bits per heavy atom. The number of amides is 1. The van der Waals surface area contributed by atoms with E-state index in [9.17, 15) is 20.0 Å². The molecule has 1 aliphatic carbocycles. The Labute approximate surface area is 294 Å². The number of likely N-dealkylation sites (N-methyl/N-ethyl adjacent to an activating group) is 1. The van der Waals surface area contributed by atoms with Crippen LogP contribution in [0.3, 0.4) is 0 Å². The fraction of sp³-hybridized carbons (Fsp3) is 0.342. The van der Waals surface area contributed by atoms with E-state index >= 15 is 0 Å². The molecule has 1 saturated carbocycles. The number of fused-ring (bicyclic) bond motifs is 2. The van der Waals surface area contributed by atoms with E-state index in [4.69, 9.17) is 21.0 Å². The highest BCUT2D eigenvalue weighted by Gasteiger charge is 2.27. The van der Waals surface area contributed by atoms with Crippen molar-refractivity contribution in [1.29, 1.82) is 5.26 Å². The lowest BCUT2D eigenvalue weighted by atomic mass is 9.86. The number of aliphatic carboxylic acids is 1. The van der Waals surface area contributed by atoms with Crippen LogP contribution >= 0.6 is 11.6 Å². The van der Waals surface area contributed by atoms with Gasteiger partial charge in [-0.1, -0.05) is 35.9 Å². The number of nitriles is 1. The largest absolute Gasteiger partial charge is 0.481 e. The molecule has 2 aliphatic rings. The Bertz CT molecular complexity index is 2170. The maximum absolute atomic E-state index is 13.4. The summed E-state index contributed by atoms with van der Waals surface area (Å²) in [5.74, 6) is -0.578. The van der Waals surface area contributed by atoms with E-state index in [-0.39, 0.29) is 17.9 Å². The number of nitrogens with zero attached hydrogens (tertiary/aromatic N) is 5. The summed E-state index contributed by atoms with van der Waals surface area (Å²) in [5, 5.41) is 26.2. The Kier molecular flexibility index (Phi) is 9.18. The van der Waals surface area contributed by atoms with Gasteiger partial charge >= 0.3 is 5.97 Å². The highest BCUT2D eigenvalue weighted by Crippen LogP contribution is 2.39. The van der Waals surface area contributed by atoms with Crippen molar-refractivity contribution in [1.82, 2.24) is 24.8 Å². The first kappa shape index (κ1) is 33.5. The van der Waals surface area contributed by atoms with Gasteiger partial charge in [0.2, 0.25) is 5.89 Å². The van der Waals surface area contributed by atoms with Gasteiger partial charge in [0.15, 0.2) is 11.4 Å². The van der Waals surface area contributed by atoms with Crippen LogP contribution in [0.4, 0.5) is 5.69 Å². The van der Waals surface area contributed by atoms with Crippen LogP contribution in [0.5, 0.6) is 0 Å². The van der Waals surface area contributed by atoms with E-state index in [1.165, 1.54) is 0 Å². The number of benzene rings is 3. The first-order valence-electron chi connectivity index (χ1n) is 16.8. The van der Waals surface area contributed by atoms with Crippen LogP contribution in [0.2, 0.25) is 5.02 Å². The maximum Gasteiger partial charge on any atom is 0.306 e. The molecule has 7 rings (SSSR count). The van der Waals surface area contributed by atoms with E-state index < -0.39 is 5.97 Å². The summed E-state index contributed by atoms with van der Waals surface area (Å²) in [5.41, 5.74) is 8.01. The van der Waals surface area contributed by atoms with Crippen molar-refractivity contribution < 1.29 is 19.1 Å². The monoisotopic (exact) mass is 691 g/mol. The topological polar surface area (TPSA) is 149 Å². The lowest BCUT2D eigenvalue weighted by Crippen LogP contribution is -2.34. The summed E-state index contributed by atoms with van der Waals surface area (Å²) in [6.07, 6.45) is 3.77. The third kappa shape index (κ3) is 6.38. The molecule has 5 aromatic rings. The second kappa shape index (κ2) is 13.7. The molecule has 1 amide bonds. The van der Waals surface area contributed by atoms with E-state index in [0.29, 0.717) is 65.0 Å². The van der Waals surface area contributed by atoms with E-state index in [0.717, 1.165) is 65.0 Å². The van der Waals surface area contributed by atoms with Crippen LogP contribution in [0.15, 0.2) is 52.9 Å². The average molecular weight is 692 g/mol. The van der Waals surface area contributed by atoms with Crippen molar-refractivity contribution in [2.24, 2.45) is 13.0 Å². The number of rotatable bonds is 8. The minimum absolute atomic E-state index is 0.228. The molecule has 12 heteroatoms. The quantitative estimate of drug-likeness (QED) is 0.162. The zero-order chi connectivity index (χ0) is 35.1. The number of anilines is 1. The number of carboxylic acid groups (broad SMARTS) is 1. The molecule has 0 radical (unpaired) electrons. The standard InChI is InChI=1S/C38H38ClN7O4/c1-21-26(28-8-5-9-29(33(28)39)43-36(47)35-42-31-20-45(2)15-14-32(31)46(35)3)6-4-7-27(21)37-44-30-17-22(16-24(18-40)34(30)50-37)19-41-25-12-10-23(11-13-25)38(48)49/h4-9,16-17,23,25,41H,10-15,19-20H2,1-3H3,(H,43,47)(H,48,49). The number of aromatic nitrogens is 3. The smallest absolute Gasteiger partial charge is 0.306 e. The molecule has 2 aromatic heterocycles. The van der Waals surface area contributed by atoms with Crippen molar-refractivity contribution in [3.8, 4) is 28.7 Å². The SMILES string of the molecule is Cc1c(-c2nc3cc(CNC4CCC(C(=O)O)CC4)cc(C#N)c3o2)cccc1-c1cccc(NC(=O)c2nc3c(n2C)CCN(C)C3)c1Cl. The second-order valence-corrected chi connectivity index (χ2v) is 13.7. The zero-order valence-electron chi connectivity index (χ0n) is 28.2. The van der Waals surface area contributed by atoms with Gasteiger partial charge in [0.05, 0.1) is 27.9 Å². The Morgan fingerprint density at radius 1 is 1.06 bits per heavy atom. The van der Waals surface area contributed by atoms with Crippen LogP contribution in [0.1, 0.15) is 64.4 Å². The second-order valence-electron chi connectivity index (χ2n) is 13.4. The van der Waals surface area contributed by atoms with Gasteiger partial charge in [0.1, 0.15) is 11.6 Å². The molecule has 0 spiro atoms. The van der Waals surface area contributed by atoms with Gasteiger partial charge in [-0.2, -0.15) is 5.26 Å². The molecule has 3 N–H and O–H groups in total. The van der Waals surface area contributed by atoms with Crippen LogP contribution in [0.25, 0.3) is 33.7 Å². The lowest BCUT2D eigenvalue weighted by Gasteiger charge is -2.27. The summed E-state index contributed by atoms with van der Waals surface area (Å²) < 4.78 is 8.10. The van der Waals surface area contributed by atoms with E-state index in [1.54, 1.807) is 6.07 Å². The Hall–Kier alpha value is -5.02. The fourth-order valence-electron chi connectivity index (χ4n) is 7.23. The van der Waals surface area contributed by atoms with Crippen LogP contribution < -0.4 is 10.6 Å². The summed E-state index contributed by atoms with van der Waals surface area (Å²) in [7, 11) is 3.92. The normalized spacial score (nSPS) is 17.7. The molecule has 1 fully saturated rings. The number of hydrogen-bond donors (Lipinski definition) is 3. The number of oxazole rings is 1. The minimum Gasteiger partial charge on any atom is -0.481 e. The van der Waals surface area contributed by atoms with Crippen molar-refractivity contribution >= 4 is 40.3 Å². The molecular formula is C38H38ClN7O4. The lowest BCUT2D eigenvalue weighted by molar-refractivity contribution is -0.142. The van der Waals surface area contributed by atoms with E-state index in [1.807, 2.05) is 68.1 Å². The van der Waals surface area contributed by atoms with Gasteiger partial charge in [0, 0.05) is 56.0 Å². The van der Waals surface area contributed by atoms with Crippen molar-refractivity contribution in [3.63, 3.8) is 0 Å². The Morgan fingerprint density at radius 3 is 2.56 bits per heavy atom. The molecule has 0 bridgehead atoms. The summed E-state index contributed by atoms with van der Waals surface area (Å²) in [6, 6.07) is 17.6. The predicted molar refractivity (Wildman–Crippen MR) is 191 cm³/mol. The number of imidazole rings is 1. The molecular weight excluding hydrogens is 654 g/mol. The highest BCUT2D eigenvalue weighted by molar-refractivity contribution is 6.36. The van der Waals surface area contributed by atoms with E-state index in [2.05, 4.69) is 26.6 Å². The molecule has 0 saturated heterocycles.